The van der Waals surface area contributed by atoms with Crippen LogP contribution >= 0.6 is 15.9 Å². The number of ether oxygens (including phenoxy) is 1. The molecule has 1 heterocycles. The summed E-state index contributed by atoms with van der Waals surface area (Å²) in [5.74, 6) is 0.794. The first-order valence-electron chi connectivity index (χ1n) is 6.24. The Bertz CT molecular complexity index is 758. The van der Waals surface area contributed by atoms with Crippen LogP contribution in [0, 0.1) is 0 Å². The molecule has 2 N–H and O–H groups in total. The Labute approximate surface area is 125 Å². The van der Waals surface area contributed by atoms with Gasteiger partial charge in [0.05, 0.1) is 11.2 Å². The average molecular weight is 329 g/mol. The van der Waals surface area contributed by atoms with Crippen molar-refractivity contribution in [2.24, 2.45) is 0 Å². The summed E-state index contributed by atoms with van der Waals surface area (Å²) in [6.07, 6.45) is 1.73. The van der Waals surface area contributed by atoms with Crippen molar-refractivity contribution in [1.82, 2.24) is 4.98 Å². The van der Waals surface area contributed by atoms with E-state index in [0.29, 0.717) is 12.3 Å². The largest absolute Gasteiger partial charge is 0.488 e. The number of nitrogens with two attached hydrogens (primary N) is 1. The van der Waals surface area contributed by atoms with Gasteiger partial charge in [0.25, 0.3) is 0 Å². The molecule has 100 valence electrons. The molecule has 0 saturated heterocycles. The van der Waals surface area contributed by atoms with Crippen LogP contribution in [0.5, 0.6) is 5.75 Å². The number of nitrogens with zero attached hydrogens (tertiary/aromatic N) is 1. The molecule has 3 aromatic rings. The third-order valence-corrected chi connectivity index (χ3v) is 3.54. The molecular formula is C16H13BrN2O. The standard InChI is InChI=1S/C16H13BrN2O/c17-12-4-1-3-11(9-12)10-20-15-7-6-14(18)16-13(15)5-2-8-19-16/h1-9H,10,18H2. The predicted molar refractivity (Wildman–Crippen MR) is 84.6 cm³/mol. The summed E-state index contributed by atoms with van der Waals surface area (Å²) in [5.41, 5.74) is 8.47. The Morgan fingerprint density at radius 3 is 2.85 bits per heavy atom. The topological polar surface area (TPSA) is 48.1 Å². The molecule has 0 radical (unpaired) electrons. The molecule has 0 unspecified atom stereocenters. The smallest absolute Gasteiger partial charge is 0.129 e. The van der Waals surface area contributed by atoms with E-state index in [1.165, 1.54) is 0 Å². The van der Waals surface area contributed by atoms with Gasteiger partial charge in [0.2, 0.25) is 0 Å². The van der Waals surface area contributed by atoms with Crippen molar-refractivity contribution in [3.63, 3.8) is 0 Å². The maximum atomic E-state index is 5.93. The van der Waals surface area contributed by atoms with Crippen LogP contribution < -0.4 is 10.5 Å². The Morgan fingerprint density at radius 2 is 2.00 bits per heavy atom. The van der Waals surface area contributed by atoms with Crippen LogP contribution in [0.15, 0.2) is 59.2 Å². The second-order valence-corrected chi connectivity index (χ2v) is 5.39. The first-order valence-corrected chi connectivity index (χ1v) is 7.04. The van der Waals surface area contributed by atoms with Crippen LogP contribution in [-0.2, 0) is 6.61 Å². The van der Waals surface area contributed by atoms with E-state index < -0.39 is 0 Å². The van der Waals surface area contributed by atoms with Crippen LogP contribution in [0.4, 0.5) is 5.69 Å². The van der Waals surface area contributed by atoms with E-state index in [9.17, 15) is 0 Å². The van der Waals surface area contributed by atoms with E-state index in [1.807, 2.05) is 48.5 Å². The van der Waals surface area contributed by atoms with E-state index in [1.54, 1.807) is 6.20 Å². The highest BCUT2D eigenvalue weighted by Gasteiger charge is 2.06. The van der Waals surface area contributed by atoms with Gasteiger partial charge in [0.15, 0.2) is 0 Å². The van der Waals surface area contributed by atoms with Gasteiger partial charge < -0.3 is 10.5 Å². The monoisotopic (exact) mass is 328 g/mol. The summed E-state index contributed by atoms with van der Waals surface area (Å²) < 4.78 is 6.94. The lowest BCUT2D eigenvalue weighted by Crippen LogP contribution is -1.97. The minimum Gasteiger partial charge on any atom is -0.488 e. The zero-order chi connectivity index (χ0) is 13.9. The van der Waals surface area contributed by atoms with Crippen LogP contribution in [0.3, 0.4) is 0 Å². The zero-order valence-electron chi connectivity index (χ0n) is 10.7. The molecule has 0 spiro atoms. The molecular weight excluding hydrogens is 316 g/mol. The number of fused-ring (bicyclic) bond motifs is 1. The van der Waals surface area contributed by atoms with Gasteiger partial charge >= 0.3 is 0 Å². The van der Waals surface area contributed by atoms with Crippen molar-refractivity contribution in [3.05, 3.63) is 64.8 Å². The van der Waals surface area contributed by atoms with Crippen molar-refractivity contribution in [3.8, 4) is 5.75 Å². The molecule has 0 amide bonds. The SMILES string of the molecule is Nc1ccc(OCc2cccc(Br)c2)c2cccnc12. The minimum absolute atomic E-state index is 0.507. The Hall–Kier alpha value is -2.07. The number of anilines is 1. The lowest BCUT2D eigenvalue weighted by atomic mass is 10.1. The lowest BCUT2D eigenvalue weighted by Gasteiger charge is -2.10. The second-order valence-electron chi connectivity index (χ2n) is 4.47. The van der Waals surface area contributed by atoms with Crippen molar-refractivity contribution in [1.29, 1.82) is 0 Å². The highest BCUT2D eigenvalue weighted by Crippen LogP contribution is 2.29. The Kier molecular flexibility index (Phi) is 3.56. The Balaban J connectivity index is 1.90. The van der Waals surface area contributed by atoms with Gasteiger partial charge in [-0.3, -0.25) is 4.98 Å². The summed E-state index contributed by atoms with van der Waals surface area (Å²) in [6, 6.07) is 15.6. The van der Waals surface area contributed by atoms with Gasteiger partial charge in [0.1, 0.15) is 12.4 Å². The summed E-state index contributed by atoms with van der Waals surface area (Å²) in [6.45, 7) is 0.507. The minimum atomic E-state index is 0.507. The molecule has 0 fully saturated rings. The summed E-state index contributed by atoms with van der Waals surface area (Å²) in [7, 11) is 0. The third-order valence-electron chi connectivity index (χ3n) is 3.04. The quantitative estimate of drug-likeness (QED) is 0.734. The summed E-state index contributed by atoms with van der Waals surface area (Å²) in [5, 5.41) is 0.933. The average Bonchev–Trinajstić information content (AvgIpc) is 2.47. The van der Waals surface area contributed by atoms with Gasteiger partial charge in [-0.2, -0.15) is 0 Å². The van der Waals surface area contributed by atoms with E-state index in [4.69, 9.17) is 10.5 Å². The highest BCUT2D eigenvalue weighted by molar-refractivity contribution is 9.10. The maximum absolute atomic E-state index is 5.93. The number of hydrogen-bond acceptors (Lipinski definition) is 3. The third kappa shape index (κ3) is 2.60. The van der Waals surface area contributed by atoms with Crippen LogP contribution in [-0.4, -0.2) is 4.98 Å². The molecule has 0 aliphatic rings. The lowest BCUT2D eigenvalue weighted by molar-refractivity contribution is 0.310. The van der Waals surface area contributed by atoms with Crippen molar-refractivity contribution in [2.75, 3.05) is 5.73 Å². The number of nitrogen functional groups attached to an aromatic ring is 1. The van der Waals surface area contributed by atoms with E-state index in [0.717, 1.165) is 26.7 Å². The van der Waals surface area contributed by atoms with Crippen molar-refractivity contribution < 1.29 is 4.74 Å². The number of benzene rings is 2. The fourth-order valence-electron chi connectivity index (χ4n) is 2.08. The molecule has 0 saturated carbocycles. The molecule has 3 nitrogen and oxygen atoms in total. The predicted octanol–water partition coefficient (Wildman–Crippen LogP) is 4.16. The van der Waals surface area contributed by atoms with E-state index >= 15 is 0 Å². The summed E-state index contributed by atoms with van der Waals surface area (Å²) in [4.78, 5) is 4.30. The van der Waals surface area contributed by atoms with E-state index in [2.05, 4.69) is 20.9 Å². The maximum Gasteiger partial charge on any atom is 0.129 e. The van der Waals surface area contributed by atoms with Gasteiger partial charge in [-0.15, -0.1) is 0 Å². The van der Waals surface area contributed by atoms with Crippen LogP contribution in [0.1, 0.15) is 5.56 Å². The fourth-order valence-corrected chi connectivity index (χ4v) is 2.53. The first kappa shape index (κ1) is 12.9. The van der Waals surface area contributed by atoms with Gasteiger partial charge in [-0.05, 0) is 42.0 Å². The first-order chi connectivity index (χ1) is 9.74. The molecule has 1 aromatic heterocycles. The molecule has 0 bridgehead atoms. The van der Waals surface area contributed by atoms with Crippen molar-refractivity contribution >= 4 is 32.5 Å². The molecule has 2 aromatic carbocycles. The highest BCUT2D eigenvalue weighted by atomic mass is 79.9. The van der Waals surface area contributed by atoms with E-state index in [-0.39, 0.29) is 0 Å². The van der Waals surface area contributed by atoms with Crippen molar-refractivity contribution in [2.45, 2.75) is 6.61 Å². The Morgan fingerprint density at radius 1 is 1.10 bits per heavy atom. The number of aromatic nitrogens is 1. The van der Waals surface area contributed by atoms with Gasteiger partial charge in [-0.1, -0.05) is 28.1 Å². The molecule has 3 rings (SSSR count). The number of rotatable bonds is 3. The number of pyridine rings is 1. The van der Waals surface area contributed by atoms with Gasteiger partial charge in [0, 0.05) is 16.1 Å². The van der Waals surface area contributed by atoms with Crippen LogP contribution in [0.25, 0.3) is 10.9 Å². The molecule has 0 atom stereocenters. The fraction of sp³-hybridized carbons (Fsp3) is 0.0625. The second kappa shape index (κ2) is 5.51. The van der Waals surface area contributed by atoms with Crippen LogP contribution in [0.2, 0.25) is 0 Å². The molecule has 0 aliphatic carbocycles. The number of halogens is 1. The number of hydrogen-bond donors (Lipinski definition) is 1. The molecule has 0 aliphatic heterocycles. The zero-order valence-corrected chi connectivity index (χ0v) is 12.3. The molecule has 20 heavy (non-hydrogen) atoms. The molecule has 4 heteroatoms. The van der Waals surface area contributed by atoms with Gasteiger partial charge in [-0.25, -0.2) is 0 Å². The normalized spacial score (nSPS) is 10.7. The summed E-state index contributed by atoms with van der Waals surface area (Å²) >= 11 is 3.46.